The van der Waals surface area contributed by atoms with Crippen LogP contribution in [0.4, 0.5) is 20.2 Å². The molecule has 0 bridgehead atoms. The van der Waals surface area contributed by atoms with E-state index in [4.69, 9.17) is 0 Å². The molecule has 5 nitrogen and oxygen atoms in total. The Kier molecular flexibility index (Phi) is 4.54. The lowest BCUT2D eigenvalue weighted by Gasteiger charge is -2.15. The van der Waals surface area contributed by atoms with E-state index in [1.54, 1.807) is 17.0 Å². The van der Waals surface area contributed by atoms with E-state index in [2.05, 4.69) is 20.7 Å². The predicted molar refractivity (Wildman–Crippen MR) is 93.0 cm³/mol. The number of nitrogens with zero attached hydrogens (tertiary/aromatic N) is 1. The van der Waals surface area contributed by atoms with Crippen LogP contribution < -0.4 is 9.62 Å². The number of benzene rings is 2. The SMILES string of the molecule is CC(=O)N1CCc2cc(NS(=O)(=O)c3c(F)cc(F)cc3Br)ccc21. The van der Waals surface area contributed by atoms with Crippen molar-refractivity contribution in [2.75, 3.05) is 16.2 Å². The Balaban J connectivity index is 1.94. The number of fused-ring (bicyclic) bond motifs is 1. The van der Waals surface area contributed by atoms with Gasteiger partial charge in [-0.1, -0.05) is 0 Å². The topological polar surface area (TPSA) is 66.5 Å². The molecular formula is C16H13BrF2N2O3S. The molecule has 0 saturated heterocycles. The lowest BCUT2D eigenvalue weighted by atomic mass is 10.1. The molecule has 1 aliphatic rings. The molecule has 9 heteroatoms. The summed E-state index contributed by atoms with van der Waals surface area (Å²) in [6.07, 6.45) is 0.596. The van der Waals surface area contributed by atoms with E-state index >= 15 is 0 Å². The summed E-state index contributed by atoms with van der Waals surface area (Å²) in [7, 11) is -4.26. The maximum Gasteiger partial charge on any atom is 0.265 e. The average molecular weight is 431 g/mol. The average Bonchev–Trinajstić information content (AvgIpc) is 2.88. The van der Waals surface area contributed by atoms with Crippen molar-refractivity contribution in [3.63, 3.8) is 0 Å². The van der Waals surface area contributed by atoms with E-state index in [-0.39, 0.29) is 16.1 Å². The quantitative estimate of drug-likeness (QED) is 0.810. The minimum Gasteiger partial charge on any atom is -0.312 e. The molecule has 0 aliphatic carbocycles. The number of sulfonamides is 1. The summed E-state index contributed by atoms with van der Waals surface area (Å²) in [6, 6.07) is 6.12. The van der Waals surface area contributed by atoms with Crippen LogP contribution in [0, 0.1) is 11.6 Å². The highest BCUT2D eigenvalue weighted by atomic mass is 79.9. The van der Waals surface area contributed by atoms with Crippen molar-refractivity contribution in [3.8, 4) is 0 Å². The van der Waals surface area contributed by atoms with Gasteiger partial charge in [-0.25, -0.2) is 17.2 Å². The monoisotopic (exact) mass is 430 g/mol. The summed E-state index contributed by atoms with van der Waals surface area (Å²) < 4.78 is 54.1. The first-order chi connectivity index (χ1) is 11.7. The van der Waals surface area contributed by atoms with Gasteiger partial charge >= 0.3 is 0 Å². The molecule has 1 aliphatic heterocycles. The van der Waals surface area contributed by atoms with Gasteiger partial charge in [0.25, 0.3) is 10.0 Å². The predicted octanol–water partition coefficient (Wildman–Crippen LogP) is 3.44. The Morgan fingerprint density at radius 2 is 1.96 bits per heavy atom. The Bertz CT molecular complexity index is 956. The third-order valence-corrected chi connectivity index (χ3v) is 6.18. The number of rotatable bonds is 3. The van der Waals surface area contributed by atoms with E-state index < -0.39 is 26.6 Å². The van der Waals surface area contributed by atoms with Gasteiger partial charge in [-0.3, -0.25) is 9.52 Å². The van der Waals surface area contributed by atoms with Crippen LogP contribution in [0.2, 0.25) is 0 Å². The van der Waals surface area contributed by atoms with Crippen molar-refractivity contribution in [2.45, 2.75) is 18.2 Å². The second-order valence-corrected chi connectivity index (χ2v) is 8.04. The zero-order valence-corrected chi connectivity index (χ0v) is 15.4. The summed E-state index contributed by atoms with van der Waals surface area (Å²) in [5.74, 6) is -2.17. The number of carbonyl (C=O) groups excluding carboxylic acids is 1. The zero-order valence-electron chi connectivity index (χ0n) is 13.0. The van der Waals surface area contributed by atoms with Crippen LogP contribution in [0.5, 0.6) is 0 Å². The molecule has 0 atom stereocenters. The highest BCUT2D eigenvalue weighted by Crippen LogP contribution is 2.32. The molecule has 0 aromatic heterocycles. The minimum atomic E-state index is -4.26. The van der Waals surface area contributed by atoms with Gasteiger partial charge in [0.05, 0.1) is 0 Å². The first-order valence-electron chi connectivity index (χ1n) is 7.27. The molecule has 1 amide bonds. The van der Waals surface area contributed by atoms with E-state index in [1.165, 1.54) is 13.0 Å². The van der Waals surface area contributed by atoms with E-state index in [9.17, 15) is 22.0 Å². The molecule has 0 saturated carbocycles. The Morgan fingerprint density at radius 1 is 1.24 bits per heavy atom. The van der Waals surface area contributed by atoms with Gasteiger partial charge in [-0.05, 0) is 52.2 Å². The van der Waals surface area contributed by atoms with Crippen LogP contribution in [0.15, 0.2) is 39.7 Å². The largest absolute Gasteiger partial charge is 0.312 e. The number of halogens is 3. The molecular weight excluding hydrogens is 418 g/mol. The van der Waals surface area contributed by atoms with Crippen molar-refractivity contribution in [2.24, 2.45) is 0 Å². The summed E-state index contributed by atoms with van der Waals surface area (Å²) in [6.45, 7) is 1.99. The lowest BCUT2D eigenvalue weighted by Crippen LogP contribution is -2.25. The van der Waals surface area contributed by atoms with Gasteiger partial charge in [0.2, 0.25) is 5.91 Å². The molecule has 0 spiro atoms. The van der Waals surface area contributed by atoms with Gasteiger partial charge < -0.3 is 4.90 Å². The first kappa shape index (κ1) is 17.8. The number of carbonyl (C=O) groups is 1. The zero-order chi connectivity index (χ0) is 18.4. The number of anilines is 2. The van der Waals surface area contributed by atoms with Crippen molar-refractivity contribution in [1.29, 1.82) is 0 Å². The van der Waals surface area contributed by atoms with E-state index in [1.807, 2.05) is 0 Å². The van der Waals surface area contributed by atoms with Crippen molar-refractivity contribution >= 4 is 43.2 Å². The molecule has 0 fully saturated rings. The van der Waals surface area contributed by atoms with Gasteiger partial charge in [0.1, 0.15) is 16.5 Å². The molecule has 25 heavy (non-hydrogen) atoms. The Labute approximate surface area is 151 Å². The van der Waals surface area contributed by atoms with Crippen molar-refractivity contribution in [3.05, 3.63) is 52.0 Å². The van der Waals surface area contributed by atoms with Gasteiger partial charge in [0, 0.05) is 35.4 Å². The normalized spacial score (nSPS) is 13.7. The molecule has 2 aromatic carbocycles. The van der Waals surface area contributed by atoms with Gasteiger partial charge in [0.15, 0.2) is 0 Å². The second kappa shape index (κ2) is 6.38. The van der Waals surface area contributed by atoms with Crippen LogP contribution in [-0.2, 0) is 21.2 Å². The fourth-order valence-electron chi connectivity index (χ4n) is 2.78. The summed E-state index contributed by atoms with van der Waals surface area (Å²) in [4.78, 5) is 12.5. The van der Waals surface area contributed by atoms with Crippen molar-refractivity contribution < 1.29 is 22.0 Å². The van der Waals surface area contributed by atoms with Crippen LogP contribution in [-0.4, -0.2) is 20.9 Å². The maximum atomic E-state index is 13.9. The first-order valence-corrected chi connectivity index (χ1v) is 9.55. The lowest BCUT2D eigenvalue weighted by molar-refractivity contribution is -0.116. The van der Waals surface area contributed by atoms with Crippen LogP contribution >= 0.6 is 15.9 Å². The van der Waals surface area contributed by atoms with Crippen LogP contribution in [0.25, 0.3) is 0 Å². The third-order valence-electron chi connectivity index (χ3n) is 3.84. The Morgan fingerprint density at radius 3 is 2.60 bits per heavy atom. The summed E-state index contributed by atoms with van der Waals surface area (Å²) >= 11 is 2.88. The molecule has 0 unspecified atom stereocenters. The summed E-state index contributed by atoms with van der Waals surface area (Å²) in [5.41, 5.74) is 1.78. The van der Waals surface area contributed by atoms with E-state index in [0.29, 0.717) is 19.0 Å². The molecule has 3 rings (SSSR count). The number of hydrogen-bond donors (Lipinski definition) is 1. The molecule has 2 aromatic rings. The van der Waals surface area contributed by atoms with Gasteiger partial charge in [-0.15, -0.1) is 0 Å². The summed E-state index contributed by atoms with van der Waals surface area (Å²) in [5, 5.41) is 0. The Hall–Kier alpha value is -2.00. The second-order valence-electron chi connectivity index (χ2n) is 5.57. The fourth-order valence-corrected chi connectivity index (χ4v) is 5.00. The standard InChI is InChI=1S/C16H13BrF2N2O3S/c1-9(22)21-5-4-10-6-12(2-3-15(10)21)20-25(23,24)16-13(17)7-11(18)8-14(16)19/h2-3,6-8,20H,4-5H2,1H3. The molecule has 0 radical (unpaired) electrons. The smallest absolute Gasteiger partial charge is 0.265 e. The third kappa shape index (κ3) is 3.38. The number of hydrogen-bond acceptors (Lipinski definition) is 3. The fraction of sp³-hybridized carbons (Fsp3) is 0.188. The molecule has 1 N–H and O–H groups in total. The molecule has 132 valence electrons. The maximum absolute atomic E-state index is 13.9. The highest BCUT2D eigenvalue weighted by molar-refractivity contribution is 9.10. The van der Waals surface area contributed by atoms with Crippen LogP contribution in [0.3, 0.4) is 0 Å². The highest BCUT2D eigenvalue weighted by Gasteiger charge is 2.26. The van der Waals surface area contributed by atoms with Gasteiger partial charge in [-0.2, -0.15) is 0 Å². The number of amides is 1. The number of nitrogens with one attached hydrogen (secondary N) is 1. The molecule has 1 heterocycles. The minimum absolute atomic E-state index is 0.0932. The van der Waals surface area contributed by atoms with Crippen molar-refractivity contribution in [1.82, 2.24) is 0 Å². The van der Waals surface area contributed by atoms with E-state index in [0.717, 1.165) is 17.3 Å². The van der Waals surface area contributed by atoms with Crippen LogP contribution in [0.1, 0.15) is 12.5 Å².